The normalized spacial score (nSPS) is 22.4. The van der Waals surface area contributed by atoms with E-state index < -0.39 is 0 Å². The monoisotopic (exact) mass is 275 g/mol. The van der Waals surface area contributed by atoms with E-state index in [4.69, 9.17) is 9.47 Å². The van der Waals surface area contributed by atoms with Crippen molar-refractivity contribution in [2.75, 3.05) is 19.8 Å². The molecule has 0 unspecified atom stereocenters. The van der Waals surface area contributed by atoms with Gasteiger partial charge in [-0.15, -0.1) is 0 Å². The van der Waals surface area contributed by atoms with Crippen LogP contribution in [-0.2, 0) is 15.9 Å². The molecular weight excluding hydrogens is 250 g/mol. The molecular formula is C17H25NO2. The molecule has 1 aromatic carbocycles. The quantitative estimate of drug-likeness (QED) is 0.916. The molecule has 1 spiro atoms. The summed E-state index contributed by atoms with van der Waals surface area (Å²) in [4.78, 5) is 0. The summed E-state index contributed by atoms with van der Waals surface area (Å²) in [5.74, 6) is -0.228. The average molecular weight is 275 g/mol. The molecule has 110 valence electrons. The molecule has 1 aliphatic carbocycles. The Morgan fingerprint density at radius 1 is 1.15 bits per heavy atom. The maximum absolute atomic E-state index is 5.77. The van der Waals surface area contributed by atoms with Gasteiger partial charge in [0.25, 0.3) is 0 Å². The van der Waals surface area contributed by atoms with Gasteiger partial charge in [-0.05, 0) is 43.9 Å². The Morgan fingerprint density at radius 2 is 1.85 bits per heavy atom. The first-order valence-corrected chi connectivity index (χ1v) is 7.83. The van der Waals surface area contributed by atoms with E-state index in [0.29, 0.717) is 6.04 Å². The molecule has 1 aliphatic heterocycles. The molecule has 2 fully saturated rings. The van der Waals surface area contributed by atoms with Gasteiger partial charge in [-0.1, -0.05) is 24.3 Å². The predicted octanol–water partition coefficient (Wildman–Crippen LogP) is 2.81. The molecule has 1 saturated carbocycles. The molecule has 1 aromatic rings. The third-order valence-electron chi connectivity index (χ3n) is 4.65. The molecule has 0 radical (unpaired) electrons. The zero-order valence-electron chi connectivity index (χ0n) is 12.4. The average Bonchev–Trinajstić information content (AvgIpc) is 2.92. The molecule has 1 heterocycles. The topological polar surface area (TPSA) is 30.5 Å². The lowest BCUT2D eigenvalue weighted by atomic mass is 9.90. The number of hydrogen-bond acceptors (Lipinski definition) is 3. The van der Waals surface area contributed by atoms with Crippen LogP contribution in [0, 0.1) is 6.92 Å². The Balaban J connectivity index is 1.41. The van der Waals surface area contributed by atoms with E-state index in [1.165, 1.54) is 11.1 Å². The summed E-state index contributed by atoms with van der Waals surface area (Å²) in [5.41, 5.74) is 2.85. The highest BCUT2D eigenvalue weighted by molar-refractivity contribution is 5.25. The van der Waals surface area contributed by atoms with Crippen molar-refractivity contribution < 1.29 is 9.47 Å². The number of hydrogen-bond donors (Lipinski definition) is 1. The van der Waals surface area contributed by atoms with Crippen molar-refractivity contribution in [1.82, 2.24) is 5.32 Å². The summed E-state index contributed by atoms with van der Waals surface area (Å²) < 4.78 is 11.5. The van der Waals surface area contributed by atoms with Gasteiger partial charge in [0, 0.05) is 18.9 Å². The van der Waals surface area contributed by atoms with Crippen molar-refractivity contribution in [3.8, 4) is 0 Å². The molecule has 0 atom stereocenters. The van der Waals surface area contributed by atoms with Gasteiger partial charge >= 0.3 is 0 Å². The lowest BCUT2D eigenvalue weighted by Crippen LogP contribution is -2.42. The van der Waals surface area contributed by atoms with Crippen LogP contribution in [-0.4, -0.2) is 31.6 Å². The number of nitrogens with one attached hydrogen (secondary N) is 1. The Morgan fingerprint density at radius 3 is 2.55 bits per heavy atom. The zero-order valence-corrected chi connectivity index (χ0v) is 12.4. The number of benzene rings is 1. The van der Waals surface area contributed by atoms with Gasteiger partial charge < -0.3 is 14.8 Å². The predicted molar refractivity (Wildman–Crippen MR) is 79.8 cm³/mol. The summed E-state index contributed by atoms with van der Waals surface area (Å²) in [6, 6.07) is 9.27. The van der Waals surface area contributed by atoms with E-state index >= 15 is 0 Å². The second-order valence-corrected chi connectivity index (χ2v) is 6.01. The van der Waals surface area contributed by atoms with Crippen LogP contribution in [0.3, 0.4) is 0 Å². The third-order valence-corrected chi connectivity index (χ3v) is 4.65. The van der Waals surface area contributed by atoms with Gasteiger partial charge in [0.2, 0.25) is 0 Å². The summed E-state index contributed by atoms with van der Waals surface area (Å²) in [5, 5.41) is 3.69. The Labute approximate surface area is 121 Å². The first-order chi connectivity index (χ1) is 9.77. The first kappa shape index (κ1) is 14.1. The number of rotatable bonds is 4. The van der Waals surface area contributed by atoms with Gasteiger partial charge in [-0.25, -0.2) is 0 Å². The largest absolute Gasteiger partial charge is 0.348 e. The fourth-order valence-electron chi connectivity index (χ4n) is 3.35. The minimum atomic E-state index is -0.228. The first-order valence-electron chi connectivity index (χ1n) is 7.83. The highest BCUT2D eigenvalue weighted by atomic mass is 16.7. The molecule has 0 amide bonds. The van der Waals surface area contributed by atoms with Crippen LogP contribution in [0.5, 0.6) is 0 Å². The van der Waals surface area contributed by atoms with Crippen molar-refractivity contribution >= 4 is 0 Å². The van der Waals surface area contributed by atoms with Crippen LogP contribution in [0.25, 0.3) is 0 Å². The molecule has 0 aromatic heterocycles. The SMILES string of the molecule is Cc1ccccc1CCNC1CCC2(CC1)OCCO2. The standard InChI is InChI=1S/C17H25NO2/c1-14-4-2-3-5-15(14)8-11-18-16-6-9-17(10-7-16)19-12-13-20-17/h2-5,16,18H,6-13H2,1H3. The fourth-order valence-corrected chi connectivity index (χ4v) is 3.35. The smallest absolute Gasteiger partial charge is 0.168 e. The molecule has 3 nitrogen and oxygen atoms in total. The second-order valence-electron chi connectivity index (χ2n) is 6.01. The summed E-state index contributed by atoms with van der Waals surface area (Å²) in [6.45, 7) is 4.79. The molecule has 2 aliphatic rings. The van der Waals surface area contributed by atoms with Crippen molar-refractivity contribution in [3.63, 3.8) is 0 Å². The molecule has 3 heteroatoms. The summed E-state index contributed by atoms with van der Waals surface area (Å²) in [6.07, 6.45) is 5.51. The third kappa shape index (κ3) is 3.22. The molecule has 3 rings (SSSR count). The van der Waals surface area contributed by atoms with Crippen LogP contribution in [0.1, 0.15) is 36.8 Å². The summed E-state index contributed by atoms with van der Waals surface area (Å²) >= 11 is 0. The van der Waals surface area contributed by atoms with E-state index in [-0.39, 0.29) is 5.79 Å². The van der Waals surface area contributed by atoms with E-state index in [1.807, 2.05) is 0 Å². The minimum Gasteiger partial charge on any atom is -0.348 e. The van der Waals surface area contributed by atoms with Crippen molar-refractivity contribution in [2.45, 2.75) is 50.9 Å². The fraction of sp³-hybridized carbons (Fsp3) is 0.647. The van der Waals surface area contributed by atoms with E-state index in [2.05, 4.69) is 36.5 Å². The minimum absolute atomic E-state index is 0.228. The Bertz CT molecular complexity index is 430. The highest BCUT2D eigenvalue weighted by Crippen LogP contribution is 2.35. The Hall–Kier alpha value is -0.900. The van der Waals surface area contributed by atoms with Crippen LogP contribution in [0.2, 0.25) is 0 Å². The van der Waals surface area contributed by atoms with Crippen molar-refractivity contribution in [3.05, 3.63) is 35.4 Å². The van der Waals surface area contributed by atoms with Gasteiger partial charge in [0.05, 0.1) is 13.2 Å². The maximum atomic E-state index is 5.77. The van der Waals surface area contributed by atoms with Gasteiger partial charge in [-0.2, -0.15) is 0 Å². The van der Waals surface area contributed by atoms with E-state index in [0.717, 1.165) is 51.9 Å². The van der Waals surface area contributed by atoms with Crippen LogP contribution in [0.4, 0.5) is 0 Å². The lowest BCUT2D eigenvalue weighted by Gasteiger charge is -2.35. The second kappa shape index (κ2) is 6.25. The lowest BCUT2D eigenvalue weighted by molar-refractivity contribution is -0.179. The van der Waals surface area contributed by atoms with Gasteiger partial charge in [-0.3, -0.25) is 0 Å². The highest BCUT2D eigenvalue weighted by Gasteiger charge is 2.39. The molecule has 0 bridgehead atoms. The molecule has 20 heavy (non-hydrogen) atoms. The zero-order chi connectivity index (χ0) is 13.8. The maximum Gasteiger partial charge on any atom is 0.168 e. The number of aryl methyl sites for hydroxylation is 1. The number of ether oxygens (including phenoxy) is 2. The summed E-state index contributed by atoms with van der Waals surface area (Å²) in [7, 11) is 0. The van der Waals surface area contributed by atoms with Crippen LogP contribution < -0.4 is 5.32 Å². The van der Waals surface area contributed by atoms with Gasteiger partial charge in [0.1, 0.15) is 0 Å². The van der Waals surface area contributed by atoms with E-state index in [1.54, 1.807) is 0 Å². The van der Waals surface area contributed by atoms with E-state index in [9.17, 15) is 0 Å². The van der Waals surface area contributed by atoms with Crippen molar-refractivity contribution in [2.24, 2.45) is 0 Å². The van der Waals surface area contributed by atoms with Gasteiger partial charge in [0.15, 0.2) is 5.79 Å². The molecule has 1 N–H and O–H groups in total. The van der Waals surface area contributed by atoms with Crippen molar-refractivity contribution in [1.29, 1.82) is 0 Å². The molecule has 1 saturated heterocycles. The van der Waals surface area contributed by atoms with Crippen LogP contribution >= 0.6 is 0 Å². The van der Waals surface area contributed by atoms with Crippen LogP contribution in [0.15, 0.2) is 24.3 Å². The Kier molecular flexibility index (Phi) is 4.39.